The first-order chi connectivity index (χ1) is 17.8. The molecule has 10 heteroatoms. The van der Waals surface area contributed by atoms with Crippen molar-refractivity contribution in [2.75, 3.05) is 20.3 Å². The molecule has 9 nitrogen and oxygen atoms in total. The van der Waals surface area contributed by atoms with Crippen LogP contribution in [0.25, 0.3) is 15.9 Å². The smallest absolute Gasteiger partial charge is 0.308 e. The first-order valence-electron chi connectivity index (χ1n) is 12.0. The maximum absolute atomic E-state index is 13.3. The topological polar surface area (TPSA) is 108 Å². The molecule has 1 atom stereocenters. The van der Waals surface area contributed by atoms with Crippen LogP contribution in [0, 0.1) is 5.92 Å². The van der Waals surface area contributed by atoms with E-state index < -0.39 is 17.9 Å². The van der Waals surface area contributed by atoms with E-state index in [0.717, 1.165) is 11.3 Å². The molecule has 0 spiro atoms. The van der Waals surface area contributed by atoms with Crippen LogP contribution in [0.1, 0.15) is 48.5 Å². The number of methoxy groups -OCH3 is 1. The van der Waals surface area contributed by atoms with Crippen LogP contribution in [-0.4, -0.2) is 41.6 Å². The second kappa shape index (κ2) is 11.4. The highest BCUT2D eigenvalue weighted by molar-refractivity contribution is 7.20. The molecule has 0 radical (unpaired) electrons. The molecule has 3 aromatic heterocycles. The Balaban J connectivity index is 1.65. The van der Waals surface area contributed by atoms with Gasteiger partial charge < -0.3 is 19.5 Å². The largest absolute Gasteiger partial charge is 0.493 e. The highest BCUT2D eigenvalue weighted by Crippen LogP contribution is 2.32. The van der Waals surface area contributed by atoms with E-state index in [0.29, 0.717) is 50.3 Å². The number of aromatic nitrogens is 2. The summed E-state index contributed by atoms with van der Waals surface area (Å²) in [6.45, 7) is 6.57. The summed E-state index contributed by atoms with van der Waals surface area (Å²) < 4.78 is 17.9. The van der Waals surface area contributed by atoms with Gasteiger partial charge in [0.15, 0.2) is 11.5 Å². The fourth-order valence-electron chi connectivity index (χ4n) is 3.81. The minimum absolute atomic E-state index is 0.0787. The third-order valence-corrected chi connectivity index (χ3v) is 6.61. The lowest BCUT2D eigenvalue weighted by atomic mass is 10.0. The molecule has 4 aromatic rings. The first-order valence-corrected chi connectivity index (χ1v) is 12.8. The number of carbonyl (C=O) groups is 2. The number of carbonyl (C=O) groups excluding carboxylic acids is 2. The van der Waals surface area contributed by atoms with Crippen LogP contribution in [0.5, 0.6) is 11.5 Å². The average Bonchev–Trinajstić information content (AvgIpc) is 3.32. The molecule has 1 amide bonds. The monoisotopic (exact) mass is 523 g/mol. The fourth-order valence-corrected chi connectivity index (χ4v) is 4.74. The SMILES string of the molecule is CCOC(=O)CC(NC(=O)c1cc2c(=O)n3ccccc3nc2s1)c1ccc(OCC(C)C)c(OC)c1. The van der Waals surface area contributed by atoms with E-state index in [4.69, 9.17) is 14.2 Å². The van der Waals surface area contributed by atoms with Gasteiger partial charge in [0.2, 0.25) is 0 Å². The van der Waals surface area contributed by atoms with E-state index in [-0.39, 0.29) is 18.6 Å². The third-order valence-electron chi connectivity index (χ3n) is 5.58. The summed E-state index contributed by atoms with van der Waals surface area (Å²) >= 11 is 1.12. The summed E-state index contributed by atoms with van der Waals surface area (Å²) in [5.41, 5.74) is 0.904. The van der Waals surface area contributed by atoms with Gasteiger partial charge in [-0.3, -0.25) is 18.8 Å². The van der Waals surface area contributed by atoms with E-state index >= 15 is 0 Å². The number of rotatable bonds is 10. The van der Waals surface area contributed by atoms with Crippen LogP contribution in [0.4, 0.5) is 0 Å². The van der Waals surface area contributed by atoms with Crippen LogP contribution < -0.4 is 20.3 Å². The van der Waals surface area contributed by atoms with Gasteiger partial charge in [-0.05, 0) is 48.7 Å². The molecule has 3 heterocycles. The molecular weight excluding hydrogens is 494 g/mol. The maximum Gasteiger partial charge on any atom is 0.308 e. The molecule has 1 unspecified atom stereocenters. The van der Waals surface area contributed by atoms with Crippen molar-refractivity contribution in [2.24, 2.45) is 5.92 Å². The number of benzene rings is 1. The van der Waals surface area contributed by atoms with Crippen molar-refractivity contribution in [1.29, 1.82) is 0 Å². The normalized spacial score (nSPS) is 12.0. The molecule has 0 aliphatic rings. The van der Waals surface area contributed by atoms with Crippen molar-refractivity contribution in [3.8, 4) is 11.5 Å². The summed E-state index contributed by atoms with van der Waals surface area (Å²) in [6.07, 6.45) is 1.56. The van der Waals surface area contributed by atoms with Gasteiger partial charge >= 0.3 is 5.97 Å². The lowest BCUT2D eigenvalue weighted by Crippen LogP contribution is -2.30. The lowest BCUT2D eigenvalue weighted by Gasteiger charge is -2.20. The molecule has 0 aliphatic carbocycles. The summed E-state index contributed by atoms with van der Waals surface area (Å²) in [5.74, 6) is 0.525. The molecule has 0 aliphatic heterocycles. The second-order valence-electron chi connectivity index (χ2n) is 8.83. The Labute approximate surface area is 218 Å². The maximum atomic E-state index is 13.3. The highest BCUT2D eigenvalue weighted by Gasteiger charge is 2.23. The predicted octanol–water partition coefficient (Wildman–Crippen LogP) is 4.38. The molecular formula is C27H29N3O6S. The molecule has 1 N–H and O–H groups in total. The second-order valence-corrected chi connectivity index (χ2v) is 9.86. The standard InChI is InChI=1S/C27H29N3O6S/c1-5-35-24(31)14-19(17-9-10-20(21(12-17)34-4)36-15-16(2)3)28-25(32)22-13-18-26(37-22)29-23-8-6-7-11-30(23)27(18)33/h6-13,16,19H,5,14-15H2,1-4H3,(H,28,32). The van der Waals surface area contributed by atoms with Gasteiger partial charge in [-0.25, -0.2) is 4.98 Å². The summed E-state index contributed by atoms with van der Waals surface area (Å²) in [7, 11) is 1.53. The Morgan fingerprint density at radius 2 is 1.95 bits per heavy atom. The number of nitrogens with one attached hydrogen (secondary N) is 1. The van der Waals surface area contributed by atoms with E-state index in [1.165, 1.54) is 17.6 Å². The Morgan fingerprint density at radius 3 is 2.68 bits per heavy atom. The van der Waals surface area contributed by atoms with Gasteiger partial charge in [-0.15, -0.1) is 11.3 Å². The summed E-state index contributed by atoms with van der Waals surface area (Å²) in [4.78, 5) is 43.9. The van der Waals surface area contributed by atoms with E-state index in [1.54, 1.807) is 49.5 Å². The minimum atomic E-state index is -0.696. The molecule has 0 saturated carbocycles. The Morgan fingerprint density at radius 1 is 1.14 bits per heavy atom. The van der Waals surface area contributed by atoms with Crippen LogP contribution >= 0.6 is 11.3 Å². The number of pyridine rings is 1. The average molecular weight is 524 g/mol. The molecule has 0 saturated heterocycles. The van der Waals surface area contributed by atoms with E-state index in [2.05, 4.69) is 10.3 Å². The van der Waals surface area contributed by atoms with Crippen molar-refractivity contribution < 1.29 is 23.8 Å². The summed E-state index contributed by atoms with van der Waals surface area (Å²) in [6, 6.07) is 11.4. The zero-order valence-electron chi connectivity index (χ0n) is 21.1. The number of ether oxygens (including phenoxy) is 3. The lowest BCUT2D eigenvalue weighted by molar-refractivity contribution is -0.143. The van der Waals surface area contributed by atoms with Crippen molar-refractivity contribution in [2.45, 2.75) is 33.2 Å². The molecule has 4 rings (SSSR count). The zero-order chi connectivity index (χ0) is 26.5. The molecule has 194 valence electrons. The quantitative estimate of drug-likeness (QED) is 0.307. The van der Waals surface area contributed by atoms with Gasteiger partial charge in [0, 0.05) is 6.20 Å². The number of hydrogen-bond acceptors (Lipinski definition) is 8. The number of thiophene rings is 1. The first kappa shape index (κ1) is 26.2. The van der Waals surface area contributed by atoms with Gasteiger partial charge in [0.25, 0.3) is 11.5 Å². The Kier molecular flexibility index (Phi) is 8.08. The molecule has 1 aromatic carbocycles. The number of amides is 1. The van der Waals surface area contributed by atoms with Crippen LogP contribution in [0.15, 0.2) is 53.5 Å². The predicted molar refractivity (Wildman–Crippen MR) is 142 cm³/mol. The highest BCUT2D eigenvalue weighted by atomic mass is 32.1. The van der Waals surface area contributed by atoms with Gasteiger partial charge in [0.1, 0.15) is 10.5 Å². The van der Waals surface area contributed by atoms with Crippen molar-refractivity contribution in [1.82, 2.24) is 14.7 Å². The van der Waals surface area contributed by atoms with Gasteiger partial charge in [-0.2, -0.15) is 0 Å². The number of hydrogen-bond donors (Lipinski definition) is 1. The van der Waals surface area contributed by atoms with Crippen LogP contribution in [0.3, 0.4) is 0 Å². The van der Waals surface area contributed by atoms with Crippen molar-refractivity contribution in [3.05, 3.63) is 69.5 Å². The third kappa shape index (κ3) is 5.91. The number of fused-ring (bicyclic) bond motifs is 2. The minimum Gasteiger partial charge on any atom is -0.493 e. The Hall–Kier alpha value is -3.92. The zero-order valence-corrected chi connectivity index (χ0v) is 22.0. The van der Waals surface area contributed by atoms with Gasteiger partial charge in [-0.1, -0.05) is 26.0 Å². The van der Waals surface area contributed by atoms with Crippen LogP contribution in [-0.2, 0) is 9.53 Å². The van der Waals surface area contributed by atoms with E-state index in [9.17, 15) is 14.4 Å². The molecule has 0 bridgehead atoms. The number of esters is 1. The Bertz CT molecular complexity index is 1490. The van der Waals surface area contributed by atoms with Crippen molar-refractivity contribution >= 4 is 39.1 Å². The van der Waals surface area contributed by atoms with E-state index in [1.807, 2.05) is 13.8 Å². The molecule has 37 heavy (non-hydrogen) atoms. The van der Waals surface area contributed by atoms with Crippen LogP contribution in [0.2, 0.25) is 0 Å². The van der Waals surface area contributed by atoms with Gasteiger partial charge in [0.05, 0.1) is 43.0 Å². The fraction of sp³-hybridized carbons (Fsp3) is 0.333. The number of nitrogens with zero attached hydrogens (tertiary/aromatic N) is 2. The molecule has 0 fully saturated rings. The summed E-state index contributed by atoms with van der Waals surface area (Å²) in [5, 5.41) is 3.28. The van der Waals surface area contributed by atoms with Crippen molar-refractivity contribution in [3.63, 3.8) is 0 Å².